The first kappa shape index (κ1) is 21.8. The fourth-order valence-electron chi connectivity index (χ4n) is 4.19. The van der Waals surface area contributed by atoms with E-state index in [1.54, 1.807) is 6.07 Å². The van der Waals surface area contributed by atoms with Crippen molar-refractivity contribution in [3.05, 3.63) is 83.9 Å². The Balaban J connectivity index is 1.36. The van der Waals surface area contributed by atoms with E-state index in [2.05, 4.69) is 10.6 Å². The van der Waals surface area contributed by atoms with Crippen LogP contribution in [0.4, 0.5) is 11.4 Å². The molecule has 34 heavy (non-hydrogen) atoms. The van der Waals surface area contributed by atoms with E-state index in [0.29, 0.717) is 29.4 Å². The van der Waals surface area contributed by atoms with E-state index in [1.165, 1.54) is 0 Å². The van der Waals surface area contributed by atoms with Crippen molar-refractivity contribution in [1.29, 1.82) is 0 Å². The van der Waals surface area contributed by atoms with E-state index < -0.39 is 0 Å². The monoisotopic (exact) mass is 457 g/mol. The molecule has 1 aliphatic heterocycles. The minimum atomic E-state index is -0.301. The van der Waals surface area contributed by atoms with Gasteiger partial charge in [-0.05, 0) is 61.7 Å². The summed E-state index contributed by atoms with van der Waals surface area (Å²) in [4.78, 5) is 27.5. The second-order valence-corrected chi connectivity index (χ2v) is 8.38. The first-order valence-corrected chi connectivity index (χ1v) is 11.6. The number of carbonyl (C=O) groups excluding carboxylic acids is 2. The second kappa shape index (κ2) is 9.47. The van der Waals surface area contributed by atoms with Gasteiger partial charge in [-0.3, -0.25) is 9.59 Å². The highest BCUT2D eigenvalue weighted by Crippen LogP contribution is 2.42. The maximum absolute atomic E-state index is 13.3. The van der Waals surface area contributed by atoms with Gasteiger partial charge in [0.2, 0.25) is 0 Å². The molecule has 1 aliphatic carbocycles. The van der Waals surface area contributed by atoms with Crippen LogP contribution in [0.1, 0.15) is 41.9 Å². The van der Waals surface area contributed by atoms with Gasteiger partial charge in [0.25, 0.3) is 11.8 Å². The largest absolute Gasteiger partial charge is 0.490 e. The molecule has 3 aromatic carbocycles. The van der Waals surface area contributed by atoms with Crippen LogP contribution >= 0.6 is 0 Å². The molecule has 1 saturated carbocycles. The number of nitrogens with zero attached hydrogens (tertiary/aromatic N) is 1. The van der Waals surface area contributed by atoms with Crippen molar-refractivity contribution in [3.8, 4) is 11.5 Å². The fraction of sp³-hybridized carbons (Fsp3) is 0.259. The van der Waals surface area contributed by atoms with Crippen LogP contribution in [0.15, 0.2) is 72.8 Å². The molecule has 1 unspecified atom stereocenters. The highest BCUT2D eigenvalue weighted by Gasteiger charge is 2.42. The van der Waals surface area contributed by atoms with Crippen molar-refractivity contribution < 1.29 is 19.1 Å². The van der Waals surface area contributed by atoms with Gasteiger partial charge >= 0.3 is 0 Å². The minimum absolute atomic E-state index is 0.0396. The number of rotatable bonds is 8. The number of nitrogens with one attached hydrogen (secondary N) is 2. The Morgan fingerprint density at radius 2 is 1.76 bits per heavy atom. The number of hydrogen-bond acceptors (Lipinski definition) is 5. The van der Waals surface area contributed by atoms with E-state index in [4.69, 9.17) is 9.47 Å². The lowest BCUT2D eigenvalue weighted by molar-refractivity contribution is -0.118. The molecule has 0 aromatic heterocycles. The molecule has 7 nitrogen and oxygen atoms in total. The maximum Gasteiger partial charge on any atom is 0.262 e. The van der Waals surface area contributed by atoms with Crippen LogP contribution in [0.5, 0.6) is 11.5 Å². The summed E-state index contributed by atoms with van der Waals surface area (Å²) in [7, 11) is 0. The van der Waals surface area contributed by atoms with E-state index in [9.17, 15) is 9.59 Å². The van der Waals surface area contributed by atoms with Crippen molar-refractivity contribution >= 4 is 23.2 Å². The van der Waals surface area contributed by atoms with Crippen molar-refractivity contribution in [2.24, 2.45) is 0 Å². The van der Waals surface area contributed by atoms with Gasteiger partial charge in [-0.2, -0.15) is 0 Å². The van der Waals surface area contributed by atoms with Crippen molar-refractivity contribution in [1.82, 2.24) is 4.90 Å². The Hall–Kier alpha value is -4.00. The normalized spacial score (nSPS) is 16.9. The molecule has 1 heterocycles. The van der Waals surface area contributed by atoms with Gasteiger partial charge in [-0.15, -0.1) is 0 Å². The molecule has 174 valence electrons. The lowest BCUT2D eigenvalue weighted by Crippen LogP contribution is -2.44. The van der Waals surface area contributed by atoms with Crippen LogP contribution in [0.2, 0.25) is 0 Å². The topological polar surface area (TPSA) is 79.9 Å². The number of carbonyl (C=O) groups is 2. The molecule has 2 N–H and O–H groups in total. The Morgan fingerprint density at radius 3 is 2.53 bits per heavy atom. The highest BCUT2D eigenvalue weighted by molar-refractivity contribution is 6.02. The molecule has 0 bridgehead atoms. The summed E-state index contributed by atoms with van der Waals surface area (Å²) in [5, 5.41) is 6.33. The number of anilines is 2. The van der Waals surface area contributed by atoms with Crippen LogP contribution in [0.25, 0.3) is 0 Å². The zero-order chi connectivity index (χ0) is 23.5. The molecule has 5 rings (SSSR count). The SMILES string of the molecule is CCOc1cc(C2Nc3ccccc3C(=O)N2C2CC2)ccc1OCC(=O)Nc1ccccc1. The number of hydrogen-bond donors (Lipinski definition) is 2. The lowest BCUT2D eigenvalue weighted by atomic mass is 10.0. The number of benzene rings is 3. The van der Waals surface area contributed by atoms with E-state index in [1.807, 2.05) is 78.6 Å². The molecule has 0 saturated heterocycles. The predicted octanol–water partition coefficient (Wildman–Crippen LogP) is 4.83. The molecule has 1 atom stereocenters. The summed E-state index contributed by atoms with van der Waals surface area (Å²) < 4.78 is 11.6. The van der Waals surface area contributed by atoms with Crippen molar-refractivity contribution in [3.63, 3.8) is 0 Å². The zero-order valence-electron chi connectivity index (χ0n) is 19.0. The third kappa shape index (κ3) is 4.55. The molecular weight excluding hydrogens is 430 g/mol. The first-order chi connectivity index (χ1) is 16.6. The summed E-state index contributed by atoms with van der Waals surface area (Å²) in [6.07, 6.45) is 1.70. The molecule has 1 fully saturated rings. The molecule has 7 heteroatoms. The summed E-state index contributed by atoms with van der Waals surface area (Å²) in [6.45, 7) is 2.20. The third-order valence-corrected chi connectivity index (χ3v) is 5.90. The predicted molar refractivity (Wildman–Crippen MR) is 130 cm³/mol. The zero-order valence-corrected chi connectivity index (χ0v) is 19.0. The Bertz CT molecular complexity index is 1190. The first-order valence-electron chi connectivity index (χ1n) is 11.6. The van der Waals surface area contributed by atoms with Crippen LogP contribution in [-0.4, -0.2) is 36.0 Å². The van der Waals surface area contributed by atoms with Crippen LogP contribution in [0, 0.1) is 0 Å². The molecule has 0 radical (unpaired) electrons. The van der Waals surface area contributed by atoms with E-state index >= 15 is 0 Å². The lowest BCUT2D eigenvalue weighted by Gasteiger charge is -2.38. The van der Waals surface area contributed by atoms with Gasteiger partial charge in [-0.1, -0.05) is 36.4 Å². The highest BCUT2D eigenvalue weighted by atomic mass is 16.5. The third-order valence-electron chi connectivity index (χ3n) is 5.90. The summed E-state index contributed by atoms with van der Waals surface area (Å²) >= 11 is 0. The maximum atomic E-state index is 13.3. The molecule has 2 aliphatic rings. The van der Waals surface area contributed by atoms with Gasteiger partial charge in [0.1, 0.15) is 6.17 Å². The molecular formula is C27H27N3O4. The number of ether oxygens (including phenoxy) is 2. The molecule has 0 spiro atoms. The smallest absolute Gasteiger partial charge is 0.262 e. The average molecular weight is 458 g/mol. The van der Waals surface area contributed by atoms with Crippen molar-refractivity contribution in [2.75, 3.05) is 23.8 Å². The second-order valence-electron chi connectivity index (χ2n) is 8.38. The average Bonchev–Trinajstić information content (AvgIpc) is 3.69. The van der Waals surface area contributed by atoms with Crippen LogP contribution in [-0.2, 0) is 4.79 Å². The Morgan fingerprint density at radius 1 is 1.00 bits per heavy atom. The van der Waals surface area contributed by atoms with Gasteiger partial charge in [-0.25, -0.2) is 0 Å². The van der Waals surface area contributed by atoms with E-state index in [0.717, 1.165) is 24.1 Å². The molecule has 2 amide bonds. The van der Waals surface area contributed by atoms with Gasteiger partial charge < -0.3 is 25.0 Å². The standard InChI is InChI=1S/C27H27N3O4/c1-2-33-24-16-18(12-15-23(24)34-17-25(31)28-19-8-4-3-5-9-19)26-29-22-11-7-6-10-21(22)27(32)30(26)20-13-14-20/h3-12,15-16,20,26,29H,2,13-14,17H2,1H3,(H,28,31). The quantitative estimate of drug-likeness (QED) is 0.506. The van der Waals surface area contributed by atoms with Crippen LogP contribution in [0.3, 0.4) is 0 Å². The molecule has 3 aromatic rings. The van der Waals surface area contributed by atoms with E-state index in [-0.39, 0.29) is 30.6 Å². The summed E-state index contributed by atoms with van der Waals surface area (Å²) in [5.74, 6) is 0.803. The summed E-state index contributed by atoms with van der Waals surface area (Å²) in [5.41, 5.74) is 3.13. The van der Waals surface area contributed by atoms with Gasteiger partial charge in [0.15, 0.2) is 18.1 Å². The number of fused-ring (bicyclic) bond motifs is 1. The Labute approximate surface area is 198 Å². The minimum Gasteiger partial charge on any atom is -0.490 e. The van der Waals surface area contributed by atoms with Crippen molar-refractivity contribution in [2.45, 2.75) is 32.0 Å². The summed E-state index contributed by atoms with van der Waals surface area (Å²) in [6, 6.07) is 22.7. The van der Waals surface area contributed by atoms with Gasteiger partial charge in [0.05, 0.1) is 12.2 Å². The van der Waals surface area contributed by atoms with Crippen LogP contribution < -0.4 is 20.1 Å². The Kier molecular flexibility index (Phi) is 6.08. The fourth-order valence-corrected chi connectivity index (χ4v) is 4.19. The number of para-hydroxylation sites is 2. The number of amides is 2. The van der Waals surface area contributed by atoms with Gasteiger partial charge in [0, 0.05) is 17.4 Å².